The van der Waals surface area contributed by atoms with Crippen molar-refractivity contribution in [3.8, 4) is 5.75 Å². The van der Waals surface area contributed by atoms with E-state index >= 15 is 0 Å². The molecular formula is C15H24BrNO. The van der Waals surface area contributed by atoms with Crippen LogP contribution in [0.15, 0.2) is 18.3 Å². The summed E-state index contributed by atoms with van der Waals surface area (Å²) in [6.45, 7) is 7.24. The Bertz CT molecular complexity index is 348. The van der Waals surface area contributed by atoms with E-state index in [1.54, 1.807) is 6.20 Å². The van der Waals surface area contributed by atoms with Gasteiger partial charge >= 0.3 is 0 Å². The van der Waals surface area contributed by atoms with Crippen molar-refractivity contribution in [2.45, 2.75) is 46.5 Å². The van der Waals surface area contributed by atoms with Gasteiger partial charge in [-0.3, -0.25) is 4.98 Å². The molecule has 102 valence electrons. The van der Waals surface area contributed by atoms with Crippen molar-refractivity contribution < 1.29 is 4.74 Å². The lowest BCUT2D eigenvalue weighted by Crippen LogP contribution is -2.30. The number of hydrogen-bond acceptors (Lipinski definition) is 2. The van der Waals surface area contributed by atoms with E-state index in [1.165, 1.54) is 25.7 Å². The van der Waals surface area contributed by atoms with Crippen molar-refractivity contribution in [3.05, 3.63) is 24.0 Å². The monoisotopic (exact) mass is 313 g/mol. The molecule has 0 fully saturated rings. The van der Waals surface area contributed by atoms with E-state index in [0.717, 1.165) is 23.4 Å². The lowest BCUT2D eigenvalue weighted by molar-refractivity contribution is 0.143. The second-order valence-electron chi connectivity index (χ2n) is 5.01. The third-order valence-corrected chi connectivity index (χ3v) is 4.53. The molecule has 0 aliphatic rings. The Labute approximate surface area is 119 Å². The third-order valence-electron chi connectivity index (χ3n) is 3.34. The maximum Gasteiger partial charge on any atom is 0.140 e. The molecule has 0 aromatic carbocycles. The van der Waals surface area contributed by atoms with Gasteiger partial charge in [-0.2, -0.15) is 0 Å². The zero-order valence-electron chi connectivity index (χ0n) is 11.7. The first-order valence-corrected chi connectivity index (χ1v) is 7.90. The molecule has 1 aromatic heterocycles. The largest absolute Gasteiger partial charge is 0.491 e. The average molecular weight is 314 g/mol. The molecule has 1 heterocycles. The SMILES string of the molecule is CCCC(CBr)(CCC)COc1cccnc1C. The Morgan fingerprint density at radius 3 is 2.44 bits per heavy atom. The molecule has 0 amide bonds. The first kappa shape index (κ1) is 15.5. The molecule has 1 aromatic rings. The van der Waals surface area contributed by atoms with Crippen molar-refractivity contribution in [2.75, 3.05) is 11.9 Å². The van der Waals surface area contributed by atoms with Crippen LogP contribution in [0.4, 0.5) is 0 Å². The van der Waals surface area contributed by atoms with Crippen LogP contribution in [0.1, 0.15) is 45.2 Å². The number of pyridine rings is 1. The van der Waals surface area contributed by atoms with Crippen LogP contribution in [0.25, 0.3) is 0 Å². The van der Waals surface area contributed by atoms with Crippen molar-refractivity contribution in [2.24, 2.45) is 5.41 Å². The number of aryl methyl sites for hydroxylation is 1. The highest BCUT2D eigenvalue weighted by molar-refractivity contribution is 9.09. The normalized spacial score (nSPS) is 11.6. The van der Waals surface area contributed by atoms with Gasteiger partial charge < -0.3 is 4.74 Å². The van der Waals surface area contributed by atoms with Gasteiger partial charge in [0.1, 0.15) is 5.75 Å². The molecule has 18 heavy (non-hydrogen) atoms. The van der Waals surface area contributed by atoms with Crippen LogP contribution >= 0.6 is 15.9 Å². The van der Waals surface area contributed by atoms with Crippen LogP contribution < -0.4 is 4.74 Å². The minimum Gasteiger partial charge on any atom is -0.491 e. The number of halogens is 1. The smallest absolute Gasteiger partial charge is 0.140 e. The number of aromatic nitrogens is 1. The minimum absolute atomic E-state index is 0.256. The fourth-order valence-electron chi connectivity index (χ4n) is 2.36. The van der Waals surface area contributed by atoms with Crippen LogP contribution in [-0.2, 0) is 0 Å². The maximum absolute atomic E-state index is 6.01. The lowest BCUT2D eigenvalue weighted by atomic mass is 9.82. The van der Waals surface area contributed by atoms with Crippen LogP contribution in [0.2, 0.25) is 0 Å². The molecule has 0 N–H and O–H groups in total. The van der Waals surface area contributed by atoms with Gasteiger partial charge in [0.15, 0.2) is 0 Å². The number of hydrogen-bond donors (Lipinski definition) is 0. The molecule has 0 spiro atoms. The van der Waals surface area contributed by atoms with Crippen LogP contribution in [0, 0.1) is 12.3 Å². The molecule has 0 saturated carbocycles. The third kappa shape index (κ3) is 4.27. The Balaban J connectivity index is 2.69. The highest BCUT2D eigenvalue weighted by atomic mass is 79.9. The van der Waals surface area contributed by atoms with Crippen molar-refractivity contribution in [1.29, 1.82) is 0 Å². The molecular weight excluding hydrogens is 290 g/mol. The number of ether oxygens (including phenoxy) is 1. The summed E-state index contributed by atoms with van der Waals surface area (Å²) in [6, 6.07) is 3.93. The van der Waals surface area contributed by atoms with E-state index < -0.39 is 0 Å². The molecule has 0 bridgehead atoms. The lowest BCUT2D eigenvalue weighted by Gasteiger charge is -2.31. The first-order valence-electron chi connectivity index (χ1n) is 6.78. The minimum atomic E-state index is 0.256. The van der Waals surface area contributed by atoms with E-state index in [4.69, 9.17) is 4.74 Å². The predicted molar refractivity (Wildman–Crippen MR) is 80.5 cm³/mol. The summed E-state index contributed by atoms with van der Waals surface area (Å²) in [5, 5.41) is 1.00. The van der Waals surface area contributed by atoms with Crippen molar-refractivity contribution in [1.82, 2.24) is 4.98 Å². The molecule has 3 heteroatoms. The number of nitrogens with zero attached hydrogens (tertiary/aromatic N) is 1. The van der Waals surface area contributed by atoms with Gasteiger partial charge in [0.25, 0.3) is 0 Å². The van der Waals surface area contributed by atoms with Gasteiger partial charge in [-0.15, -0.1) is 0 Å². The quantitative estimate of drug-likeness (QED) is 0.646. The molecule has 2 nitrogen and oxygen atoms in total. The maximum atomic E-state index is 6.01. The fraction of sp³-hybridized carbons (Fsp3) is 0.667. The summed E-state index contributed by atoms with van der Waals surface area (Å²) in [5.41, 5.74) is 1.22. The zero-order chi connectivity index (χ0) is 13.4. The second kappa shape index (κ2) is 7.78. The summed E-state index contributed by atoms with van der Waals surface area (Å²) in [4.78, 5) is 4.26. The fourth-order valence-corrected chi connectivity index (χ4v) is 3.08. The van der Waals surface area contributed by atoms with Crippen LogP contribution in [0.5, 0.6) is 5.75 Å². The molecule has 0 saturated heterocycles. The van der Waals surface area contributed by atoms with Crippen molar-refractivity contribution >= 4 is 15.9 Å². The summed E-state index contributed by atoms with van der Waals surface area (Å²) in [7, 11) is 0. The number of rotatable bonds is 8. The standard InChI is InChI=1S/C15H24BrNO/c1-4-8-15(11-16,9-5-2)12-18-14-7-6-10-17-13(14)3/h6-7,10H,4-5,8-9,11-12H2,1-3H3. The predicted octanol–water partition coefficient (Wildman–Crippen LogP) is 4.75. The van der Waals surface area contributed by atoms with Gasteiger partial charge in [-0.25, -0.2) is 0 Å². The molecule has 0 atom stereocenters. The van der Waals surface area contributed by atoms with E-state index in [9.17, 15) is 0 Å². The molecule has 0 aliphatic heterocycles. The van der Waals surface area contributed by atoms with Gasteiger partial charge in [-0.05, 0) is 31.9 Å². The van der Waals surface area contributed by atoms with Gasteiger partial charge in [0.2, 0.25) is 0 Å². The Hall–Kier alpha value is -0.570. The van der Waals surface area contributed by atoms with Gasteiger partial charge in [0, 0.05) is 16.9 Å². The highest BCUT2D eigenvalue weighted by Crippen LogP contribution is 2.33. The van der Waals surface area contributed by atoms with Crippen LogP contribution in [-0.4, -0.2) is 16.9 Å². The summed E-state index contributed by atoms with van der Waals surface area (Å²) in [5.74, 6) is 0.912. The van der Waals surface area contributed by atoms with Crippen LogP contribution in [0.3, 0.4) is 0 Å². The Kier molecular flexibility index (Phi) is 6.69. The topological polar surface area (TPSA) is 22.1 Å². The number of alkyl halides is 1. The molecule has 0 radical (unpaired) electrons. The molecule has 0 aliphatic carbocycles. The van der Waals surface area contributed by atoms with E-state index in [1.807, 2.05) is 19.1 Å². The van der Waals surface area contributed by atoms with E-state index in [0.29, 0.717) is 0 Å². The zero-order valence-corrected chi connectivity index (χ0v) is 13.3. The summed E-state index contributed by atoms with van der Waals surface area (Å²) >= 11 is 3.67. The second-order valence-corrected chi connectivity index (χ2v) is 5.57. The molecule has 1 rings (SSSR count). The van der Waals surface area contributed by atoms with E-state index in [2.05, 4.69) is 34.8 Å². The molecule has 0 unspecified atom stereocenters. The highest BCUT2D eigenvalue weighted by Gasteiger charge is 2.28. The van der Waals surface area contributed by atoms with Gasteiger partial charge in [-0.1, -0.05) is 42.6 Å². The van der Waals surface area contributed by atoms with Crippen molar-refractivity contribution in [3.63, 3.8) is 0 Å². The Morgan fingerprint density at radius 1 is 1.28 bits per heavy atom. The summed E-state index contributed by atoms with van der Waals surface area (Å²) in [6.07, 6.45) is 6.59. The van der Waals surface area contributed by atoms with E-state index in [-0.39, 0.29) is 5.41 Å². The Morgan fingerprint density at radius 2 is 1.94 bits per heavy atom. The van der Waals surface area contributed by atoms with Gasteiger partial charge in [0.05, 0.1) is 12.3 Å². The average Bonchev–Trinajstić information content (AvgIpc) is 2.38. The first-order chi connectivity index (χ1) is 8.67. The summed E-state index contributed by atoms with van der Waals surface area (Å²) < 4.78 is 6.01.